The number of hydrogen-bond donors (Lipinski definition) is 0. The molecular weight excluding hydrogens is 358 g/mol. The van der Waals surface area contributed by atoms with Crippen LogP contribution in [-0.2, 0) is 13.1 Å². The Hall–Kier alpha value is -3.66. The van der Waals surface area contributed by atoms with Crippen molar-refractivity contribution >= 4 is 5.91 Å². The molecule has 0 aliphatic heterocycles. The van der Waals surface area contributed by atoms with Gasteiger partial charge >= 0.3 is 0 Å². The summed E-state index contributed by atoms with van der Waals surface area (Å²) < 4.78 is 1.90. The second-order valence-electron chi connectivity index (χ2n) is 7.10. The van der Waals surface area contributed by atoms with Crippen molar-refractivity contribution in [3.63, 3.8) is 0 Å². The van der Waals surface area contributed by atoms with Crippen molar-refractivity contribution < 1.29 is 4.79 Å². The number of amides is 1. The molecule has 3 aromatic carbocycles. The average Bonchev–Trinajstić information content (AvgIpc) is 3.21. The van der Waals surface area contributed by atoms with E-state index in [1.165, 1.54) is 5.56 Å². The van der Waals surface area contributed by atoms with Gasteiger partial charge in [-0.1, -0.05) is 78.9 Å². The molecule has 0 spiro atoms. The van der Waals surface area contributed by atoms with Crippen molar-refractivity contribution in [1.29, 1.82) is 0 Å². The van der Waals surface area contributed by atoms with Crippen LogP contribution in [0.25, 0.3) is 11.1 Å². The van der Waals surface area contributed by atoms with Crippen molar-refractivity contribution in [2.24, 2.45) is 0 Å². The summed E-state index contributed by atoms with van der Waals surface area (Å²) in [4.78, 5) is 14.9. The summed E-state index contributed by atoms with van der Waals surface area (Å²) in [7, 11) is 1.83. The highest BCUT2D eigenvalue weighted by atomic mass is 16.2. The van der Waals surface area contributed by atoms with Crippen molar-refractivity contribution in [2.45, 2.75) is 13.1 Å². The Morgan fingerprint density at radius 1 is 0.862 bits per heavy atom. The van der Waals surface area contributed by atoms with Gasteiger partial charge in [-0.3, -0.25) is 9.48 Å². The Balaban J connectivity index is 1.49. The Morgan fingerprint density at radius 3 is 2.28 bits per heavy atom. The highest BCUT2D eigenvalue weighted by Crippen LogP contribution is 2.24. The summed E-state index contributed by atoms with van der Waals surface area (Å²) in [5, 5.41) is 4.44. The van der Waals surface area contributed by atoms with E-state index in [4.69, 9.17) is 0 Å². The quantitative estimate of drug-likeness (QED) is 0.478. The van der Waals surface area contributed by atoms with E-state index in [2.05, 4.69) is 17.2 Å². The molecule has 4 nitrogen and oxygen atoms in total. The Morgan fingerprint density at radius 2 is 1.52 bits per heavy atom. The smallest absolute Gasteiger partial charge is 0.254 e. The highest BCUT2D eigenvalue weighted by Gasteiger charge is 2.17. The predicted octanol–water partition coefficient (Wildman–Crippen LogP) is 4.87. The standard InChI is InChI=1S/C25H23N3O/c1-27(17-21-16-26-28(19-21)18-20-10-4-2-5-11-20)25(29)24-15-9-8-14-23(24)22-12-6-3-7-13-22/h2-16,19H,17-18H2,1H3. The lowest BCUT2D eigenvalue weighted by molar-refractivity contribution is 0.0786. The molecule has 1 heterocycles. The number of carbonyl (C=O) groups excluding carboxylic acids is 1. The van der Waals surface area contributed by atoms with E-state index in [9.17, 15) is 4.79 Å². The van der Waals surface area contributed by atoms with Gasteiger partial charge in [-0.25, -0.2) is 0 Å². The second-order valence-corrected chi connectivity index (χ2v) is 7.10. The fraction of sp³-hybridized carbons (Fsp3) is 0.120. The zero-order valence-corrected chi connectivity index (χ0v) is 16.4. The van der Waals surface area contributed by atoms with Crippen LogP contribution in [0.3, 0.4) is 0 Å². The summed E-state index contributed by atoms with van der Waals surface area (Å²) in [6.45, 7) is 1.23. The van der Waals surface area contributed by atoms with Crippen LogP contribution in [0.15, 0.2) is 97.3 Å². The number of hydrogen-bond acceptors (Lipinski definition) is 2. The fourth-order valence-electron chi connectivity index (χ4n) is 3.44. The molecule has 1 aromatic heterocycles. The van der Waals surface area contributed by atoms with Crippen molar-refractivity contribution in [3.8, 4) is 11.1 Å². The van der Waals surface area contributed by atoms with Crippen molar-refractivity contribution in [3.05, 3.63) is 114 Å². The van der Waals surface area contributed by atoms with Crippen LogP contribution in [0, 0.1) is 0 Å². The molecule has 1 amide bonds. The van der Waals surface area contributed by atoms with E-state index in [1.807, 2.05) is 96.9 Å². The summed E-state index contributed by atoms with van der Waals surface area (Å²) in [6, 6.07) is 28.0. The van der Waals surface area contributed by atoms with Crippen molar-refractivity contribution in [1.82, 2.24) is 14.7 Å². The molecule has 0 N–H and O–H groups in total. The van der Waals surface area contributed by atoms with Crippen LogP contribution in [0.2, 0.25) is 0 Å². The van der Waals surface area contributed by atoms with Gasteiger partial charge in [0.1, 0.15) is 0 Å². The summed E-state index contributed by atoms with van der Waals surface area (Å²) in [5.74, 6) is 0.000243. The normalized spacial score (nSPS) is 10.7. The van der Waals surface area contributed by atoms with E-state index >= 15 is 0 Å². The average molecular weight is 381 g/mol. The van der Waals surface area contributed by atoms with Gasteiger partial charge in [0, 0.05) is 30.9 Å². The van der Waals surface area contributed by atoms with Gasteiger partial charge in [-0.2, -0.15) is 5.10 Å². The largest absolute Gasteiger partial charge is 0.337 e. The molecule has 0 unspecified atom stereocenters. The molecule has 144 valence electrons. The van der Waals surface area contributed by atoms with Crippen LogP contribution in [0.5, 0.6) is 0 Å². The maximum atomic E-state index is 13.1. The Kier molecular flexibility index (Phi) is 5.52. The minimum atomic E-state index is 0.000243. The minimum Gasteiger partial charge on any atom is -0.337 e. The lowest BCUT2D eigenvalue weighted by Gasteiger charge is -2.18. The van der Waals surface area contributed by atoms with Crippen LogP contribution in [0.1, 0.15) is 21.5 Å². The maximum absolute atomic E-state index is 13.1. The lowest BCUT2D eigenvalue weighted by atomic mass is 9.99. The van der Waals surface area contributed by atoms with E-state index in [-0.39, 0.29) is 5.91 Å². The topological polar surface area (TPSA) is 38.1 Å². The van der Waals surface area contributed by atoms with E-state index in [1.54, 1.807) is 4.90 Å². The first-order chi connectivity index (χ1) is 14.2. The molecule has 29 heavy (non-hydrogen) atoms. The Labute approximate surface area is 171 Å². The van der Waals surface area contributed by atoms with Gasteiger partial charge in [0.15, 0.2) is 0 Å². The van der Waals surface area contributed by atoms with Crippen LogP contribution in [0.4, 0.5) is 0 Å². The van der Waals surface area contributed by atoms with Gasteiger partial charge in [-0.05, 0) is 22.8 Å². The molecule has 0 saturated heterocycles. The molecule has 4 aromatic rings. The van der Waals surface area contributed by atoms with E-state index < -0.39 is 0 Å². The first-order valence-corrected chi connectivity index (χ1v) is 9.66. The third kappa shape index (κ3) is 4.43. The van der Waals surface area contributed by atoms with Gasteiger partial charge in [0.05, 0.1) is 12.7 Å². The fourth-order valence-corrected chi connectivity index (χ4v) is 3.44. The van der Waals surface area contributed by atoms with Crippen LogP contribution < -0.4 is 0 Å². The van der Waals surface area contributed by atoms with Crippen LogP contribution in [-0.4, -0.2) is 27.6 Å². The summed E-state index contributed by atoms with van der Waals surface area (Å²) in [5.41, 5.74) is 4.90. The molecule has 0 aliphatic rings. The molecule has 4 rings (SSSR count). The summed E-state index contributed by atoms with van der Waals surface area (Å²) >= 11 is 0. The molecule has 0 saturated carbocycles. The zero-order valence-electron chi connectivity index (χ0n) is 16.4. The van der Waals surface area contributed by atoms with Crippen molar-refractivity contribution in [2.75, 3.05) is 7.05 Å². The molecule has 0 atom stereocenters. The maximum Gasteiger partial charge on any atom is 0.254 e. The molecule has 4 heteroatoms. The number of carbonyl (C=O) groups is 1. The molecule has 0 radical (unpaired) electrons. The number of nitrogens with zero attached hydrogens (tertiary/aromatic N) is 3. The number of aromatic nitrogens is 2. The minimum absolute atomic E-state index is 0.000243. The second kappa shape index (κ2) is 8.57. The monoisotopic (exact) mass is 381 g/mol. The summed E-state index contributed by atoms with van der Waals surface area (Å²) in [6.07, 6.45) is 3.83. The Bertz CT molecular complexity index is 1090. The highest BCUT2D eigenvalue weighted by molar-refractivity contribution is 6.00. The number of benzene rings is 3. The lowest BCUT2D eigenvalue weighted by Crippen LogP contribution is -2.26. The SMILES string of the molecule is CN(Cc1cnn(Cc2ccccc2)c1)C(=O)c1ccccc1-c1ccccc1. The van der Waals surface area contributed by atoms with Crippen LogP contribution >= 0.6 is 0 Å². The molecule has 0 fully saturated rings. The van der Waals surface area contributed by atoms with E-state index in [0.717, 1.165) is 23.2 Å². The third-order valence-corrected chi connectivity index (χ3v) is 4.88. The molecular formula is C25H23N3O. The van der Waals surface area contributed by atoms with Gasteiger partial charge in [-0.15, -0.1) is 0 Å². The molecule has 0 bridgehead atoms. The third-order valence-electron chi connectivity index (χ3n) is 4.88. The van der Waals surface area contributed by atoms with E-state index in [0.29, 0.717) is 12.1 Å². The first kappa shape index (κ1) is 18.7. The number of rotatable bonds is 6. The van der Waals surface area contributed by atoms with Gasteiger partial charge in [0.2, 0.25) is 0 Å². The predicted molar refractivity (Wildman–Crippen MR) is 115 cm³/mol. The van der Waals surface area contributed by atoms with Gasteiger partial charge < -0.3 is 4.90 Å². The zero-order chi connectivity index (χ0) is 20.1. The first-order valence-electron chi connectivity index (χ1n) is 9.66. The molecule has 0 aliphatic carbocycles. The van der Waals surface area contributed by atoms with Gasteiger partial charge in [0.25, 0.3) is 5.91 Å².